The minimum absolute atomic E-state index is 0.461. The maximum absolute atomic E-state index is 6.21. The fourth-order valence-electron chi connectivity index (χ4n) is 3.31. The van der Waals surface area contributed by atoms with Gasteiger partial charge < -0.3 is 15.8 Å². The summed E-state index contributed by atoms with van der Waals surface area (Å²) in [5, 5.41) is 13.9. The van der Waals surface area contributed by atoms with Crippen molar-refractivity contribution in [2.45, 2.75) is 31.6 Å². The summed E-state index contributed by atoms with van der Waals surface area (Å²) in [5.41, 5.74) is 9.48. The molecule has 1 aliphatic carbocycles. The Morgan fingerprint density at radius 1 is 1.23 bits per heavy atom. The maximum Gasteiger partial charge on any atom is 0.151 e. The number of fused-ring (bicyclic) bond motifs is 1. The Morgan fingerprint density at radius 3 is 2.88 bits per heavy atom. The Hall–Kier alpha value is -2.32. The molecule has 0 aliphatic heterocycles. The zero-order valence-corrected chi connectivity index (χ0v) is 15.6. The van der Waals surface area contributed by atoms with E-state index >= 15 is 0 Å². The first-order valence-corrected chi connectivity index (χ1v) is 9.69. The molecular weight excluding hydrogens is 348 g/mol. The lowest BCUT2D eigenvalue weighted by atomic mass is 10.1. The average Bonchev–Trinajstić information content (AvgIpc) is 3.33. The summed E-state index contributed by atoms with van der Waals surface area (Å²) < 4.78 is 5.04. The summed E-state index contributed by atoms with van der Waals surface area (Å²) in [6.45, 7) is 1.35. The normalized spacial score (nSPS) is 15.0. The number of rotatable bonds is 6. The standard InChI is InChI=1S/C18H22N6OS/c1-25-7-6-20-12-8-15-14(21-10-12)9-13(16(19)22-15)18-24-23-17(26-18)11-4-2-3-5-11/h8-11,20H,2-7H2,1H3,(H2,19,22). The van der Waals surface area contributed by atoms with E-state index in [-0.39, 0.29) is 0 Å². The van der Waals surface area contributed by atoms with Gasteiger partial charge in [0.2, 0.25) is 0 Å². The Bertz CT molecular complexity index is 906. The van der Waals surface area contributed by atoms with Crippen LogP contribution in [0.5, 0.6) is 0 Å². The largest absolute Gasteiger partial charge is 0.383 e. The van der Waals surface area contributed by atoms with Crippen LogP contribution >= 0.6 is 11.3 Å². The zero-order chi connectivity index (χ0) is 17.9. The molecule has 0 aromatic carbocycles. The molecule has 0 spiro atoms. The number of ether oxygens (including phenoxy) is 1. The van der Waals surface area contributed by atoms with Crippen molar-refractivity contribution in [2.75, 3.05) is 31.3 Å². The van der Waals surface area contributed by atoms with Gasteiger partial charge in [-0.3, -0.25) is 4.98 Å². The minimum Gasteiger partial charge on any atom is -0.383 e. The number of pyridine rings is 2. The summed E-state index contributed by atoms with van der Waals surface area (Å²) in [5.74, 6) is 1.01. The van der Waals surface area contributed by atoms with E-state index in [2.05, 4.69) is 25.5 Å². The molecule has 4 rings (SSSR count). The van der Waals surface area contributed by atoms with Crippen LogP contribution in [-0.4, -0.2) is 40.4 Å². The van der Waals surface area contributed by atoms with Crippen molar-refractivity contribution in [1.82, 2.24) is 20.2 Å². The number of methoxy groups -OCH3 is 1. The number of anilines is 2. The van der Waals surface area contributed by atoms with Gasteiger partial charge in [-0.1, -0.05) is 24.2 Å². The lowest BCUT2D eigenvalue weighted by molar-refractivity contribution is 0.211. The van der Waals surface area contributed by atoms with E-state index in [1.54, 1.807) is 24.6 Å². The van der Waals surface area contributed by atoms with Crippen LogP contribution in [-0.2, 0) is 4.74 Å². The zero-order valence-electron chi connectivity index (χ0n) is 14.7. The molecule has 0 atom stereocenters. The van der Waals surface area contributed by atoms with E-state index in [0.29, 0.717) is 24.9 Å². The van der Waals surface area contributed by atoms with Crippen molar-refractivity contribution in [3.63, 3.8) is 0 Å². The van der Waals surface area contributed by atoms with Gasteiger partial charge >= 0.3 is 0 Å². The number of nitrogen functional groups attached to an aromatic ring is 1. The lowest BCUT2D eigenvalue weighted by Gasteiger charge is -2.08. The van der Waals surface area contributed by atoms with Crippen LogP contribution in [0.15, 0.2) is 18.3 Å². The summed E-state index contributed by atoms with van der Waals surface area (Å²) >= 11 is 1.63. The molecule has 136 valence electrons. The Balaban J connectivity index is 1.61. The molecule has 0 bridgehead atoms. The molecule has 26 heavy (non-hydrogen) atoms. The summed E-state index contributed by atoms with van der Waals surface area (Å²) in [4.78, 5) is 9.04. The van der Waals surface area contributed by atoms with Gasteiger partial charge in [-0.25, -0.2) is 4.98 Å². The van der Waals surface area contributed by atoms with E-state index in [0.717, 1.165) is 32.3 Å². The van der Waals surface area contributed by atoms with Gasteiger partial charge in [0.25, 0.3) is 0 Å². The predicted molar refractivity (Wildman–Crippen MR) is 104 cm³/mol. The number of nitrogens with zero attached hydrogens (tertiary/aromatic N) is 4. The van der Waals surface area contributed by atoms with Crippen LogP contribution in [0, 0.1) is 0 Å². The molecule has 3 N–H and O–H groups in total. The quantitative estimate of drug-likeness (QED) is 0.641. The second-order valence-electron chi connectivity index (χ2n) is 6.53. The first-order chi connectivity index (χ1) is 12.7. The predicted octanol–water partition coefficient (Wildman–Crippen LogP) is 3.45. The molecule has 0 unspecified atom stereocenters. The van der Waals surface area contributed by atoms with E-state index in [1.807, 2.05) is 12.1 Å². The van der Waals surface area contributed by atoms with Gasteiger partial charge in [0.1, 0.15) is 10.8 Å². The van der Waals surface area contributed by atoms with Gasteiger partial charge in [0, 0.05) is 19.6 Å². The van der Waals surface area contributed by atoms with Gasteiger partial charge in [0.05, 0.1) is 35.1 Å². The highest BCUT2D eigenvalue weighted by Crippen LogP contribution is 2.38. The molecule has 3 heterocycles. The van der Waals surface area contributed by atoms with E-state index in [4.69, 9.17) is 10.5 Å². The molecule has 7 nitrogen and oxygen atoms in total. The molecule has 3 aromatic heterocycles. The molecular formula is C18H22N6OS. The summed E-state index contributed by atoms with van der Waals surface area (Å²) in [6, 6.07) is 3.90. The van der Waals surface area contributed by atoms with Gasteiger partial charge in [-0.05, 0) is 25.0 Å². The fourth-order valence-corrected chi connectivity index (χ4v) is 4.35. The number of hydrogen-bond donors (Lipinski definition) is 2. The smallest absolute Gasteiger partial charge is 0.151 e. The Labute approximate surface area is 156 Å². The fraction of sp³-hybridized carbons (Fsp3) is 0.444. The maximum atomic E-state index is 6.21. The third-order valence-electron chi connectivity index (χ3n) is 4.71. The first-order valence-electron chi connectivity index (χ1n) is 8.87. The highest BCUT2D eigenvalue weighted by Gasteiger charge is 2.22. The summed E-state index contributed by atoms with van der Waals surface area (Å²) in [7, 11) is 1.68. The van der Waals surface area contributed by atoms with Crippen molar-refractivity contribution < 1.29 is 4.74 Å². The molecule has 3 aromatic rings. The Morgan fingerprint density at radius 2 is 2.08 bits per heavy atom. The number of nitrogens with one attached hydrogen (secondary N) is 1. The number of aromatic nitrogens is 4. The van der Waals surface area contributed by atoms with E-state index < -0.39 is 0 Å². The SMILES string of the molecule is COCCNc1cnc2cc(-c3nnc(C4CCCC4)s3)c(N)nc2c1. The van der Waals surface area contributed by atoms with Crippen molar-refractivity contribution in [2.24, 2.45) is 0 Å². The van der Waals surface area contributed by atoms with Gasteiger partial charge in [-0.2, -0.15) is 0 Å². The van der Waals surface area contributed by atoms with Crippen LogP contribution < -0.4 is 11.1 Å². The van der Waals surface area contributed by atoms with E-state index in [9.17, 15) is 0 Å². The van der Waals surface area contributed by atoms with Crippen molar-refractivity contribution in [3.05, 3.63) is 23.3 Å². The van der Waals surface area contributed by atoms with Crippen LogP contribution in [0.1, 0.15) is 36.6 Å². The summed E-state index contributed by atoms with van der Waals surface area (Å²) in [6.07, 6.45) is 6.78. The van der Waals surface area contributed by atoms with Crippen molar-refractivity contribution in [1.29, 1.82) is 0 Å². The van der Waals surface area contributed by atoms with Crippen molar-refractivity contribution in [3.8, 4) is 10.6 Å². The lowest BCUT2D eigenvalue weighted by Crippen LogP contribution is -2.07. The first kappa shape index (κ1) is 17.1. The van der Waals surface area contributed by atoms with Crippen LogP contribution in [0.3, 0.4) is 0 Å². The highest BCUT2D eigenvalue weighted by atomic mass is 32.1. The number of hydrogen-bond acceptors (Lipinski definition) is 8. The van der Waals surface area contributed by atoms with Crippen LogP contribution in [0.2, 0.25) is 0 Å². The Kier molecular flexibility index (Phi) is 4.94. The molecule has 8 heteroatoms. The van der Waals surface area contributed by atoms with Crippen LogP contribution in [0.4, 0.5) is 11.5 Å². The van der Waals surface area contributed by atoms with Crippen molar-refractivity contribution >= 4 is 33.9 Å². The monoisotopic (exact) mass is 370 g/mol. The molecule has 1 saturated carbocycles. The molecule has 0 amide bonds. The van der Waals surface area contributed by atoms with E-state index in [1.165, 1.54) is 25.7 Å². The average molecular weight is 370 g/mol. The third-order valence-corrected chi connectivity index (χ3v) is 5.83. The second-order valence-corrected chi connectivity index (χ2v) is 7.54. The molecule has 0 saturated heterocycles. The second kappa shape index (κ2) is 7.51. The molecule has 0 radical (unpaired) electrons. The number of nitrogens with two attached hydrogens (primary N) is 1. The van der Waals surface area contributed by atoms with Gasteiger partial charge in [-0.15, -0.1) is 10.2 Å². The van der Waals surface area contributed by atoms with Gasteiger partial charge in [0.15, 0.2) is 5.01 Å². The highest BCUT2D eigenvalue weighted by molar-refractivity contribution is 7.14. The molecule has 1 aliphatic rings. The van der Waals surface area contributed by atoms with Crippen LogP contribution in [0.25, 0.3) is 21.6 Å². The minimum atomic E-state index is 0.461. The topological polar surface area (TPSA) is 98.8 Å². The third kappa shape index (κ3) is 3.47. The molecule has 1 fully saturated rings.